The number of halogens is 4. The van der Waals surface area contributed by atoms with E-state index < -0.39 is 35.5 Å². The number of nitrogens with one attached hydrogen (secondary N) is 1. The van der Waals surface area contributed by atoms with E-state index in [9.17, 15) is 27.5 Å². The fourth-order valence-corrected chi connectivity index (χ4v) is 3.45. The van der Waals surface area contributed by atoms with E-state index in [-0.39, 0.29) is 24.4 Å². The van der Waals surface area contributed by atoms with Crippen molar-refractivity contribution < 1.29 is 36.9 Å². The van der Waals surface area contributed by atoms with Crippen molar-refractivity contribution in [1.29, 1.82) is 0 Å². The van der Waals surface area contributed by atoms with Crippen molar-refractivity contribution in [3.05, 3.63) is 65.9 Å². The molecule has 2 aromatic heterocycles. The molecule has 3 aromatic rings. The third-order valence-electron chi connectivity index (χ3n) is 5.00. The minimum atomic E-state index is -5.07. The maximum atomic E-state index is 14.4. The molecule has 0 unspecified atom stereocenters. The highest BCUT2D eigenvalue weighted by molar-refractivity contribution is 5.99. The highest BCUT2D eigenvalue weighted by Gasteiger charge is 2.35. The Bertz CT molecular complexity index is 1160. The van der Waals surface area contributed by atoms with Crippen LogP contribution < -0.4 is 10.1 Å². The van der Waals surface area contributed by atoms with Gasteiger partial charge < -0.3 is 19.9 Å². The first-order chi connectivity index (χ1) is 16.4. The Kier molecular flexibility index (Phi) is 7.76. The van der Waals surface area contributed by atoms with E-state index in [0.717, 1.165) is 18.2 Å². The number of nitrogens with zero attached hydrogens (tertiary/aromatic N) is 3. The summed E-state index contributed by atoms with van der Waals surface area (Å²) in [7, 11) is 1.49. The van der Waals surface area contributed by atoms with Gasteiger partial charge >= 0.3 is 6.36 Å². The predicted octanol–water partition coefficient (Wildman–Crippen LogP) is 3.87. The second-order valence-corrected chi connectivity index (χ2v) is 8.14. The Morgan fingerprint density at radius 3 is 2.54 bits per heavy atom. The quantitative estimate of drug-likeness (QED) is 0.437. The molecule has 2 N–H and O–H groups in total. The van der Waals surface area contributed by atoms with Gasteiger partial charge in [-0.25, -0.2) is 4.39 Å². The van der Waals surface area contributed by atoms with Crippen molar-refractivity contribution in [1.82, 2.24) is 20.1 Å². The fraction of sp³-hybridized carbons (Fsp3) is 0.348. The molecule has 8 nitrogen and oxygen atoms in total. The van der Waals surface area contributed by atoms with Crippen LogP contribution in [0.2, 0.25) is 0 Å². The number of ether oxygens (including phenoxy) is 2. The van der Waals surface area contributed by atoms with Gasteiger partial charge in [0, 0.05) is 13.3 Å². The summed E-state index contributed by atoms with van der Waals surface area (Å²) in [6, 6.07) is 6.63. The average molecular weight is 496 g/mol. The SMILES string of the molecule is COCCn1ncc(-c2ccccn2)c1C(=O)N[C@@H](c1ccc(OC(F)(F)F)c(F)c1)C(C)(C)O. The van der Waals surface area contributed by atoms with Crippen molar-refractivity contribution in [3.8, 4) is 17.0 Å². The maximum absolute atomic E-state index is 14.4. The van der Waals surface area contributed by atoms with Crippen LogP contribution in [-0.4, -0.2) is 51.5 Å². The zero-order chi connectivity index (χ0) is 25.8. The summed E-state index contributed by atoms with van der Waals surface area (Å²) >= 11 is 0. The molecule has 0 aliphatic heterocycles. The summed E-state index contributed by atoms with van der Waals surface area (Å²) in [5.41, 5.74) is -0.598. The number of rotatable bonds is 9. The first kappa shape index (κ1) is 26.1. The largest absolute Gasteiger partial charge is 0.573 e. The zero-order valence-corrected chi connectivity index (χ0v) is 19.1. The van der Waals surface area contributed by atoms with E-state index >= 15 is 0 Å². The van der Waals surface area contributed by atoms with E-state index in [2.05, 4.69) is 20.1 Å². The minimum absolute atomic E-state index is 0.0280. The highest BCUT2D eigenvalue weighted by atomic mass is 19.4. The topological polar surface area (TPSA) is 98.5 Å². The Morgan fingerprint density at radius 1 is 1.23 bits per heavy atom. The number of carbonyl (C=O) groups is 1. The van der Waals surface area contributed by atoms with Gasteiger partial charge in [-0.1, -0.05) is 12.1 Å². The monoisotopic (exact) mass is 496 g/mol. The van der Waals surface area contributed by atoms with E-state index in [1.165, 1.54) is 31.8 Å². The maximum Gasteiger partial charge on any atom is 0.573 e. The molecule has 3 rings (SSSR count). The van der Waals surface area contributed by atoms with Crippen molar-refractivity contribution in [2.24, 2.45) is 0 Å². The smallest absolute Gasteiger partial charge is 0.403 e. The summed E-state index contributed by atoms with van der Waals surface area (Å²) in [6.07, 6.45) is -2.06. The lowest BCUT2D eigenvalue weighted by Gasteiger charge is -2.31. The number of methoxy groups -OCH3 is 1. The summed E-state index contributed by atoms with van der Waals surface area (Å²) in [5, 5.41) is 17.6. The third-order valence-corrected chi connectivity index (χ3v) is 5.00. The van der Waals surface area contributed by atoms with Gasteiger partial charge in [0.25, 0.3) is 5.91 Å². The first-order valence-electron chi connectivity index (χ1n) is 10.5. The number of aromatic nitrogens is 3. The van der Waals surface area contributed by atoms with Crippen molar-refractivity contribution in [2.75, 3.05) is 13.7 Å². The first-order valence-corrected chi connectivity index (χ1v) is 10.5. The Hall–Kier alpha value is -3.51. The van der Waals surface area contributed by atoms with Crippen LogP contribution in [0.4, 0.5) is 17.6 Å². The number of aliphatic hydroxyl groups is 1. The van der Waals surface area contributed by atoms with E-state index in [4.69, 9.17) is 4.74 Å². The normalized spacial score (nSPS) is 12.9. The molecule has 0 saturated carbocycles. The predicted molar refractivity (Wildman–Crippen MR) is 117 cm³/mol. The van der Waals surface area contributed by atoms with E-state index in [1.807, 2.05) is 0 Å². The van der Waals surface area contributed by atoms with Gasteiger partial charge in [-0.15, -0.1) is 13.2 Å². The van der Waals surface area contributed by atoms with Crippen LogP contribution >= 0.6 is 0 Å². The second-order valence-electron chi connectivity index (χ2n) is 8.14. The van der Waals surface area contributed by atoms with Gasteiger partial charge in [0.05, 0.1) is 42.2 Å². The standard InChI is InChI=1S/C23H24F4N4O4/c1-22(2,33)20(14-7-8-18(16(24)12-14)35-23(25,26)27)30-21(32)19-15(17-6-4-5-9-28-17)13-29-31(19)10-11-34-3/h4-9,12-13,20,33H,10-11H2,1-3H3,(H,30,32)/t20-/m0/s1. The number of amides is 1. The Balaban J connectivity index is 1.98. The number of carbonyl (C=O) groups excluding carboxylic acids is 1. The Morgan fingerprint density at radius 2 is 1.97 bits per heavy atom. The van der Waals surface area contributed by atoms with Gasteiger partial charge in [0.15, 0.2) is 11.6 Å². The zero-order valence-electron chi connectivity index (χ0n) is 19.1. The number of benzene rings is 1. The van der Waals surface area contributed by atoms with Gasteiger partial charge in [0.1, 0.15) is 5.69 Å². The molecule has 0 radical (unpaired) electrons. The molecule has 0 aliphatic rings. The average Bonchev–Trinajstić information content (AvgIpc) is 3.20. The summed E-state index contributed by atoms with van der Waals surface area (Å²) in [5.74, 6) is -3.00. The van der Waals surface area contributed by atoms with Gasteiger partial charge in [-0.3, -0.25) is 14.5 Å². The number of hydrogen-bond acceptors (Lipinski definition) is 6. The van der Waals surface area contributed by atoms with Crippen LogP contribution in [0.25, 0.3) is 11.3 Å². The van der Waals surface area contributed by atoms with Gasteiger partial charge in [0.2, 0.25) is 0 Å². The third kappa shape index (κ3) is 6.55. The summed E-state index contributed by atoms with van der Waals surface area (Å²) in [6.45, 7) is 3.23. The molecule has 0 aliphatic carbocycles. The van der Waals surface area contributed by atoms with Crippen LogP contribution in [0.5, 0.6) is 5.75 Å². The van der Waals surface area contributed by atoms with Crippen LogP contribution in [0.15, 0.2) is 48.8 Å². The molecule has 0 bridgehead atoms. The lowest BCUT2D eigenvalue weighted by Crippen LogP contribution is -2.43. The molecule has 2 heterocycles. The minimum Gasteiger partial charge on any atom is -0.403 e. The number of alkyl halides is 3. The molecule has 1 atom stereocenters. The van der Waals surface area contributed by atoms with Crippen molar-refractivity contribution in [3.63, 3.8) is 0 Å². The van der Waals surface area contributed by atoms with Crippen LogP contribution in [0.1, 0.15) is 35.9 Å². The second kappa shape index (κ2) is 10.4. The number of pyridine rings is 1. The molecular weight excluding hydrogens is 472 g/mol. The van der Waals surface area contributed by atoms with E-state index in [1.54, 1.807) is 24.4 Å². The van der Waals surface area contributed by atoms with Crippen LogP contribution in [0.3, 0.4) is 0 Å². The molecular formula is C23H24F4N4O4. The molecule has 1 amide bonds. The molecule has 35 heavy (non-hydrogen) atoms. The van der Waals surface area contributed by atoms with E-state index in [0.29, 0.717) is 11.3 Å². The van der Waals surface area contributed by atoms with Gasteiger partial charge in [-0.2, -0.15) is 5.10 Å². The van der Waals surface area contributed by atoms with Crippen molar-refractivity contribution >= 4 is 5.91 Å². The Labute approximate surface area is 198 Å². The van der Waals surface area contributed by atoms with Crippen LogP contribution in [-0.2, 0) is 11.3 Å². The molecule has 1 aromatic carbocycles. The molecule has 0 fully saturated rings. The molecule has 0 saturated heterocycles. The lowest BCUT2D eigenvalue weighted by atomic mass is 9.91. The number of hydrogen-bond donors (Lipinski definition) is 2. The van der Waals surface area contributed by atoms with Crippen molar-refractivity contribution in [2.45, 2.75) is 38.4 Å². The summed E-state index contributed by atoms with van der Waals surface area (Å²) in [4.78, 5) is 17.7. The molecule has 12 heteroatoms. The lowest BCUT2D eigenvalue weighted by molar-refractivity contribution is -0.275. The highest BCUT2D eigenvalue weighted by Crippen LogP contribution is 2.32. The molecule has 0 spiro atoms. The summed E-state index contributed by atoms with van der Waals surface area (Å²) < 4.78 is 62.0. The van der Waals surface area contributed by atoms with Gasteiger partial charge in [-0.05, 0) is 43.7 Å². The molecule has 188 valence electrons. The van der Waals surface area contributed by atoms with Crippen LogP contribution in [0, 0.1) is 5.82 Å². The fourth-order valence-electron chi connectivity index (χ4n) is 3.45.